The molecule has 0 aliphatic carbocycles. The SMILES string of the molecule is CCOCCCNC(=O)[C@H](CC)n1nc(C)c2sc3ccccc3c2c1=O. The second kappa shape index (κ2) is 8.63. The lowest BCUT2D eigenvalue weighted by atomic mass is 10.1. The van der Waals surface area contributed by atoms with Gasteiger partial charge in [0.25, 0.3) is 5.56 Å². The van der Waals surface area contributed by atoms with Crippen molar-refractivity contribution in [3.8, 4) is 0 Å². The summed E-state index contributed by atoms with van der Waals surface area (Å²) < 4.78 is 8.59. The minimum atomic E-state index is -0.619. The van der Waals surface area contributed by atoms with Crippen LogP contribution < -0.4 is 10.9 Å². The van der Waals surface area contributed by atoms with Gasteiger partial charge in [0.05, 0.1) is 15.8 Å². The van der Waals surface area contributed by atoms with E-state index in [9.17, 15) is 9.59 Å². The molecule has 0 unspecified atom stereocenters. The molecule has 0 fully saturated rings. The van der Waals surface area contributed by atoms with E-state index in [0.29, 0.717) is 31.6 Å². The molecule has 1 aromatic carbocycles. The Balaban J connectivity index is 1.94. The van der Waals surface area contributed by atoms with Gasteiger partial charge in [0.15, 0.2) is 0 Å². The monoisotopic (exact) mass is 387 g/mol. The zero-order chi connectivity index (χ0) is 19.4. The Kier molecular flexibility index (Phi) is 6.23. The summed E-state index contributed by atoms with van der Waals surface area (Å²) in [5, 5.41) is 8.96. The molecule has 0 saturated heterocycles. The number of fused-ring (bicyclic) bond motifs is 3. The fraction of sp³-hybridized carbons (Fsp3) is 0.450. The van der Waals surface area contributed by atoms with Gasteiger partial charge in [-0.2, -0.15) is 5.10 Å². The number of nitrogens with zero attached hydrogens (tertiary/aromatic N) is 2. The topological polar surface area (TPSA) is 73.2 Å². The van der Waals surface area contributed by atoms with E-state index in [1.165, 1.54) is 4.68 Å². The maximum absolute atomic E-state index is 13.2. The number of nitrogens with one attached hydrogen (secondary N) is 1. The highest BCUT2D eigenvalue weighted by Gasteiger charge is 2.23. The van der Waals surface area contributed by atoms with Crippen LogP contribution in [-0.2, 0) is 9.53 Å². The molecule has 2 heterocycles. The van der Waals surface area contributed by atoms with Crippen LogP contribution in [0.5, 0.6) is 0 Å². The van der Waals surface area contributed by atoms with Crippen LogP contribution in [0.25, 0.3) is 20.2 Å². The van der Waals surface area contributed by atoms with Crippen LogP contribution in [0.4, 0.5) is 0 Å². The van der Waals surface area contributed by atoms with Crippen LogP contribution in [0.15, 0.2) is 29.1 Å². The van der Waals surface area contributed by atoms with E-state index in [0.717, 1.165) is 26.9 Å². The number of carbonyl (C=O) groups is 1. The van der Waals surface area contributed by atoms with Gasteiger partial charge in [-0.05, 0) is 32.8 Å². The molecular weight excluding hydrogens is 362 g/mol. The van der Waals surface area contributed by atoms with Crippen molar-refractivity contribution in [2.45, 2.75) is 39.7 Å². The van der Waals surface area contributed by atoms with Crippen LogP contribution in [0.2, 0.25) is 0 Å². The van der Waals surface area contributed by atoms with Gasteiger partial charge in [-0.3, -0.25) is 9.59 Å². The van der Waals surface area contributed by atoms with E-state index >= 15 is 0 Å². The molecule has 0 saturated carbocycles. The lowest BCUT2D eigenvalue weighted by molar-refractivity contribution is -0.124. The van der Waals surface area contributed by atoms with Crippen molar-refractivity contribution >= 4 is 37.4 Å². The van der Waals surface area contributed by atoms with Crippen LogP contribution in [-0.4, -0.2) is 35.4 Å². The molecule has 27 heavy (non-hydrogen) atoms. The van der Waals surface area contributed by atoms with Gasteiger partial charge < -0.3 is 10.1 Å². The number of carbonyl (C=O) groups excluding carboxylic acids is 1. The van der Waals surface area contributed by atoms with Crippen molar-refractivity contribution in [3.63, 3.8) is 0 Å². The first-order valence-electron chi connectivity index (χ1n) is 9.34. The van der Waals surface area contributed by atoms with Gasteiger partial charge in [0.1, 0.15) is 6.04 Å². The molecule has 1 N–H and O–H groups in total. The molecule has 0 spiro atoms. The summed E-state index contributed by atoms with van der Waals surface area (Å²) >= 11 is 1.57. The van der Waals surface area contributed by atoms with Crippen molar-refractivity contribution in [3.05, 3.63) is 40.3 Å². The van der Waals surface area contributed by atoms with Crippen molar-refractivity contribution in [1.82, 2.24) is 15.1 Å². The molecule has 1 atom stereocenters. The Hall–Kier alpha value is -2.25. The molecule has 1 amide bonds. The van der Waals surface area contributed by atoms with Crippen molar-refractivity contribution in [2.75, 3.05) is 19.8 Å². The maximum Gasteiger partial charge on any atom is 0.276 e. The lowest BCUT2D eigenvalue weighted by Gasteiger charge is -2.17. The third-order valence-corrected chi connectivity index (χ3v) is 5.84. The zero-order valence-electron chi connectivity index (χ0n) is 15.9. The van der Waals surface area contributed by atoms with E-state index < -0.39 is 6.04 Å². The highest BCUT2D eigenvalue weighted by Crippen LogP contribution is 2.33. The first kappa shape index (κ1) is 19.5. The summed E-state index contributed by atoms with van der Waals surface area (Å²) in [6, 6.07) is 7.23. The molecule has 3 rings (SSSR count). The molecule has 3 aromatic rings. The molecule has 144 valence electrons. The first-order chi connectivity index (χ1) is 13.1. The standard InChI is InChI=1S/C20H25N3O3S/c1-4-15(19(24)21-11-8-12-26-5-2)23-20(25)17-14-9-6-7-10-16(14)27-18(17)13(3)22-23/h6-7,9-10,15H,4-5,8,11-12H2,1-3H3,(H,21,24)/t15-/m0/s1. The van der Waals surface area contributed by atoms with E-state index in [-0.39, 0.29) is 11.5 Å². The van der Waals surface area contributed by atoms with Crippen LogP contribution in [0, 0.1) is 6.92 Å². The molecular formula is C20H25N3O3S. The number of rotatable bonds is 8. The number of amides is 1. The first-order valence-corrected chi connectivity index (χ1v) is 10.2. The Morgan fingerprint density at radius 3 is 2.85 bits per heavy atom. The zero-order valence-corrected chi connectivity index (χ0v) is 16.8. The number of aromatic nitrogens is 2. The maximum atomic E-state index is 13.2. The molecule has 2 aromatic heterocycles. The molecule has 7 heteroatoms. The largest absolute Gasteiger partial charge is 0.382 e. The molecule has 0 aliphatic rings. The number of hydrogen-bond donors (Lipinski definition) is 1. The van der Waals surface area contributed by atoms with Gasteiger partial charge in [0, 0.05) is 29.8 Å². The minimum absolute atomic E-state index is 0.179. The smallest absolute Gasteiger partial charge is 0.276 e. The number of thiophene rings is 1. The van der Waals surface area contributed by atoms with E-state index in [2.05, 4.69) is 10.4 Å². The number of ether oxygens (including phenoxy) is 1. The molecule has 6 nitrogen and oxygen atoms in total. The van der Waals surface area contributed by atoms with Gasteiger partial charge in [-0.15, -0.1) is 11.3 Å². The van der Waals surface area contributed by atoms with Gasteiger partial charge in [0.2, 0.25) is 5.91 Å². The predicted molar refractivity (Wildman–Crippen MR) is 110 cm³/mol. The van der Waals surface area contributed by atoms with E-state index in [4.69, 9.17) is 4.74 Å². The summed E-state index contributed by atoms with van der Waals surface area (Å²) in [6.07, 6.45) is 1.24. The third-order valence-electron chi connectivity index (χ3n) is 4.56. The van der Waals surface area contributed by atoms with Crippen molar-refractivity contribution in [1.29, 1.82) is 0 Å². The highest BCUT2D eigenvalue weighted by molar-refractivity contribution is 7.26. The third kappa shape index (κ3) is 3.89. The summed E-state index contributed by atoms with van der Waals surface area (Å²) in [4.78, 5) is 25.8. The fourth-order valence-electron chi connectivity index (χ4n) is 3.21. The fourth-order valence-corrected chi connectivity index (χ4v) is 4.34. The summed E-state index contributed by atoms with van der Waals surface area (Å²) in [5.41, 5.74) is 0.567. The molecule has 0 aliphatic heterocycles. The van der Waals surface area contributed by atoms with Crippen LogP contribution in [0.1, 0.15) is 38.4 Å². The van der Waals surface area contributed by atoms with Gasteiger partial charge >= 0.3 is 0 Å². The Morgan fingerprint density at radius 2 is 2.11 bits per heavy atom. The van der Waals surface area contributed by atoms with Crippen LogP contribution >= 0.6 is 11.3 Å². The molecule has 0 bridgehead atoms. The second-order valence-corrected chi connectivity index (χ2v) is 7.46. The Morgan fingerprint density at radius 1 is 1.33 bits per heavy atom. The van der Waals surface area contributed by atoms with Gasteiger partial charge in [-0.1, -0.05) is 25.1 Å². The average molecular weight is 388 g/mol. The average Bonchev–Trinajstić information content (AvgIpc) is 3.06. The Labute approximate surface area is 162 Å². The lowest BCUT2D eigenvalue weighted by Crippen LogP contribution is -2.39. The molecule has 0 radical (unpaired) electrons. The Bertz CT molecular complexity index is 1010. The number of aryl methyl sites for hydroxylation is 1. The van der Waals surface area contributed by atoms with Crippen molar-refractivity contribution in [2.24, 2.45) is 0 Å². The normalized spacial score (nSPS) is 12.6. The summed E-state index contributed by atoms with van der Waals surface area (Å²) in [5.74, 6) is -0.179. The summed E-state index contributed by atoms with van der Waals surface area (Å²) in [6.45, 7) is 7.52. The summed E-state index contributed by atoms with van der Waals surface area (Å²) in [7, 11) is 0. The van der Waals surface area contributed by atoms with Gasteiger partial charge in [-0.25, -0.2) is 4.68 Å². The number of hydrogen-bond acceptors (Lipinski definition) is 5. The highest BCUT2D eigenvalue weighted by atomic mass is 32.1. The predicted octanol–water partition coefficient (Wildman–Crippen LogP) is 3.41. The van der Waals surface area contributed by atoms with E-state index in [1.807, 2.05) is 45.0 Å². The van der Waals surface area contributed by atoms with E-state index in [1.54, 1.807) is 11.3 Å². The van der Waals surface area contributed by atoms with Crippen molar-refractivity contribution < 1.29 is 9.53 Å². The second-order valence-electron chi connectivity index (χ2n) is 6.40. The quantitative estimate of drug-likeness (QED) is 0.601. The number of benzene rings is 1. The van der Waals surface area contributed by atoms with Crippen LogP contribution in [0.3, 0.4) is 0 Å². The minimum Gasteiger partial charge on any atom is -0.382 e.